The third-order valence-corrected chi connectivity index (χ3v) is 3.06. The molecule has 1 heterocycles. The molecule has 0 aliphatic heterocycles. The van der Waals surface area contributed by atoms with Crippen molar-refractivity contribution in [2.75, 3.05) is 6.54 Å². The van der Waals surface area contributed by atoms with E-state index in [-0.39, 0.29) is 0 Å². The lowest BCUT2D eigenvalue weighted by molar-refractivity contribution is 0.356. The summed E-state index contributed by atoms with van der Waals surface area (Å²) in [7, 11) is 0. The van der Waals surface area contributed by atoms with Crippen molar-refractivity contribution < 1.29 is 4.52 Å². The zero-order valence-electron chi connectivity index (χ0n) is 10.9. The first kappa shape index (κ1) is 13.2. The number of hydrogen-bond donors (Lipinski definition) is 1. The van der Waals surface area contributed by atoms with Crippen LogP contribution in [0.1, 0.15) is 57.9 Å². The number of nitrogens with one attached hydrogen (secondary N) is 1. The number of hydrogen-bond acceptors (Lipinski definition) is 3. The standard InChI is InChI=1S/C13H24N2O/c1-5-11(6-2)8-14-9-12-7-13(10(3)4)15-16-12/h7,10-11,14H,5-6,8-9H2,1-4H3. The van der Waals surface area contributed by atoms with Gasteiger partial charge in [-0.1, -0.05) is 45.7 Å². The third kappa shape index (κ3) is 3.97. The van der Waals surface area contributed by atoms with Crippen molar-refractivity contribution in [2.24, 2.45) is 5.92 Å². The minimum absolute atomic E-state index is 0.441. The molecule has 1 aromatic heterocycles. The van der Waals surface area contributed by atoms with Gasteiger partial charge in [-0.3, -0.25) is 0 Å². The van der Waals surface area contributed by atoms with Crippen molar-refractivity contribution in [2.45, 2.75) is 53.0 Å². The van der Waals surface area contributed by atoms with Crippen LogP contribution in [0.15, 0.2) is 10.6 Å². The van der Waals surface area contributed by atoms with E-state index in [4.69, 9.17) is 4.52 Å². The number of aromatic nitrogens is 1. The Labute approximate surface area is 98.6 Å². The van der Waals surface area contributed by atoms with Gasteiger partial charge < -0.3 is 9.84 Å². The van der Waals surface area contributed by atoms with Gasteiger partial charge in [0.25, 0.3) is 0 Å². The SMILES string of the molecule is CCC(CC)CNCc1cc(C(C)C)no1. The second-order valence-electron chi connectivity index (χ2n) is 4.69. The van der Waals surface area contributed by atoms with E-state index in [1.807, 2.05) is 6.07 Å². The van der Waals surface area contributed by atoms with Crippen LogP contribution in [0, 0.1) is 5.92 Å². The average Bonchev–Trinajstić information content (AvgIpc) is 2.73. The Morgan fingerprint density at radius 2 is 2.00 bits per heavy atom. The van der Waals surface area contributed by atoms with E-state index in [2.05, 4.69) is 38.2 Å². The molecule has 0 aromatic carbocycles. The molecule has 0 bridgehead atoms. The maximum Gasteiger partial charge on any atom is 0.150 e. The minimum atomic E-state index is 0.441. The van der Waals surface area contributed by atoms with E-state index in [9.17, 15) is 0 Å². The molecule has 0 fully saturated rings. The average molecular weight is 224 g/mol. The minimum Gasteiger partial charge on any atom is -0.360 e. The molecule has 0 aliphatic carbocycles. The summed E-state index contributed by atoms with van der Waals surface area (Å²) in [5, 5.41) is 7.46. The fraction of sp³-hybridized carbons (Fsp3) is 0.769. The molecule has 1 aromatic rings. The Bertz CT molecular complexity index is 290. The zero-order chi connectivity index (χ0) is 12.0. The summed E-state index contributed by atoms with van der Waals surface area (Å²) in [6.45, 7) is 10.6. The van der Waals surface area contributed by atoms with Crippen LogP contribution in [0.3, 0.4) is 0 Å². The third-order valence-electron chi connectivity index (χ3n) is 3.06. The Morgan fingerprint density at radius 3 is 2.50 bits per heavy atom. The van der Waals surface area contributed by atoms with Gasteiger partial charge in [0.1, 0.15) is 0 Å². The summed E-state index contributed by atoms with van der Waals surface area (Å²) in [5.74, 6) is 2.15. The Kier molecular flexibility index (Phi) is 5.53. The normalized spacial score (nSPS) is 11.6. The monoisotopic (exact) mass is 224 g/mol. The molecule has 1 N–H and O–H groups in total. The summed E-state index contributed by atoms with van der Waals surface area (Å²) < 4.78 is 5.26. The first-order chi connectivity index (χ1) is 7.67. The van der Waals surface area contributed by atoms with Crippen molar-refractivity contribution in [1.29, 1.82) is 0 Å². The second-order valence-corrected chi connectivity index (χ2v) is 4.69. The van der Waals surface area contributed by atoms with Crippen LogP contribution < -0.4 is 5.32 Å². The van der Waals surface area contributed by atoms with E-state index in [1.165, 1.54) is 12.8 Å². The van der Waals surface area contributed by atoms with Gasteiger partial charge in [0.05, 0.1) is 12.2 Å². The van der Waals surface area contributed by atoms with Crippen molar-refractivity contribution in [3.63, 3.8) is 0 Å². The molecule has 0 saturated heterocycles. The van der Waals surface area contributed by atoms with Crippen LogP contribution in [0.4, 0.5) is 0 Å². The van der Waals surface area contributed by atoms with Crippen molar-refractivity contribution >= 4 is 0 Å². The topological polar surface area (TPSA) is 38.1 Å². The molecule has 0 spiro atoms. The van der Waals surface area contributed by atoms with Crippen LogP contribution in [0.25, 0.3) is 0 Å². The first-order valence-electron chi connectivity index (χ1n) is 6.33. The Balaban J connectivity index is 2.31. The molecule has 3 heteroatoms. The van der Waals surface area contributed by atoms with E-state index < -0.39 is 0 Å². The highest BCUT2D eigenvalue weighted by molar-refractivity contribution is 5.08. The molecule has 0 radical (unpaired) electrons. The predicted molar refractivity (Wildman–Crippen MR) is 66.4 cm³/mol. The fourth-order valence-electron chi connectivity index (χ4n) is 1.66. The predicted octanol–water partition coefficient (Wildman–Crippen LogP) is 3.32. The molecule has 0 amide bonds. The van der Waals surface area contributed by atoms with Crippen LogP contribution in [0.5, 0.6) is 0 Å². The van der Waals surface area contributed by atoms with E-state index in [0.29, 0.717) is 5.92 Å². The molecule has 0 atom stereocenters. The molecular formula is C13H24N2O. The molecular weight excluding hydrogens is 200 g/mol. The largest absolute Gasteiger partial charge is 0.360 e. The quantitative estimate of drug-likeness (QED) is 0.772. The van der Waals surface area contributed by atoms with Gasteiger partial charge >= 0.3 is 0 Å². The van der Waals surface area contributed by atoms with Crippen LogP contribution in [0.2, 0.25) is 0 Å². The highest BCUT2D eigenvalue weighted by atomic mass is 16.5. The van der Waals surface area contributed by atoms with Crippen molar-refractivity contribution in [3.05, 3.63) is 17.5 Å². The summed E-state index contributed by atoms with van der Waals surface area (Å²) in [4.78, 5) is 0. The van der Waals surface area contributed by atoms with Crippen molar-refractivity contribution in [1.82, 2.24) is 10.5 Å². The molecule has 3 nitrogen and oxygen atoms in total. The van der Waals surface area contributed by atoms with Gasteiger partial charge in [0.15, 0.2) is 5.76 Å². The van der Waals surface area contributed by atoms with E-state index >= 15 is 0 Å². The first-order valence-corrected chi connectivity index (χ1v) is 6.33. The Morgan fingerprint density at radius 1 is 1.31 bits per heavy atom. The fourth-order valence-corrected chi connectivity index (χ4v) is 1.66. The summed E-state index contributed by atoms with van der Waals surface area (Å²) in [6, 6.07) is 2.05. The molecule has 0 saturated carbocycles. The summed E-state index contributed by atoms with van der Waals surface area (Å²) in [5.41, 5.74) is 1.04. The zero-order valence-corrected chi connectivity index (χ0v) is 10.9. The Hall–Kier alpha value is -0.830. The number of rotatable bonds is 7. The summed E-state index contributed by atoms with van der Waals surface area (Å²) >= 11 is 0. The molecule has 92 valence electrons. The van der Waals surface area contributed by atoms with Gasteiger partial charge in [-0.05, 0) is 18.4 Å². The van der Waals surface area contributed by atoms with Gasteiger partial charge in [-0.15, -0.1) is 0 Å². The lowest BCUT2D eigenvalue weighted by atomic mass is 10.0. The van der Waals surface area contributed by atoms with Gasteiger partial charge in [0, 0.05) is 6.07 Å². The van der Waals surface area contributed by atoms with Crippen LogP contribution in [-0.4, -0.2) is 11.7 Å². The summed E-state index contributed by atoms with van der Waals surface area (Å²) in [6.07, 6.45) is 2.47. The van der Waals surface area contributed by atoms with E-state index in [0.717, 1.165) is 30.5 Å². The highest BCUT2D eigenvalue weighted by Crippen LogP contribution is 2.14. The highest BCUT2D eigenvalue weighted by Gasteiger charge is 2.08. The van der Waals surface area contributed by atoms with Gasteiger partial charge in [-0.25, -0.2) is 0 Å². The molecule has 0 unspecified atom stereocenters. The van der Waals surface area contributed by atoms with E-state index in [1.54, 1.807) is 0 Å². The molecule has 16 heavy (non-hydrogen) atoms. The van der Waals surface area contributed by atoms with Crippen LogP contribution >= 0.6 is 0 Å². The second kappa shape index (κ2) is 6.69. The van der Waals surface area contributed by atoms with Gasteiger partial charge in [-0.2, -0.15) is 0 Å². The lowest BCUT2D eigenvalue weighted by Crippen LogP contribution is -2.21. The molecule has 0 aliphatic rings. The van der Waals surface area contributed by atoms with Gasteiger partial charge in [0.2, 0.25) is 0 Å². The van der Waals surface area contributed by atoms with Crippen LogP contribution in [-0.2, 0) is 6.54 Å². The maximum atomic E-state index is 5.26. The maximum absolute atomic E-state index is 5.26. The smallest absolute Gasteiger partial charge is 0.150 e. The lowest BCUT2D eigenvalue weighted by Gasteiger charge is -2.11. The number of nitrogens with zero attached hydrogens (tertiary/aromatic N) is 1. The molecule has 1 rings (SSSR count). The van der Waals surface area contributed by atoms with Crippen molar-refractivity contribution in [3.8, 4) is 0 Å².